The summed E-state index contributed by atoms with van der Waals surface area (Å²) in [4.78, 5) is 10.6. The van der Waals surface area contributed by atoms with Gasteiger partial charge in [-0.3, -0.25) is 4.79 Å². The first-order valence-corrected chi connectivity index (χ1v) is 5.15. The van der Waals surface area contributed by atoms with Crippen LogP contribution in [0.1, 0.15) is 24.5 Å². The Morgan fingerprint density at radius 2 is 2.19 bits per heavy atom. The van der Waals surface area contributed by atoms with Gasteiger partial charge in [-0.2, -0.15) is 0 Å². The van der Waals surface area contributed by atoms with Crippen molar-refractivity contribution in [2.75, 3.05) is 7.11 Å². The molecule has 1 rings (SSSR count). The average molecular weight is 220 g/mol. The lowest BCUT2D eigenvalue weighted by molar-refractivity contribution is -0.135. The summed E-state index contributed by atoms with van der Waals surface area (Å²) in [6.07, 6.45) is 0.812. The molecule has 0 saturated carbocycles. The van der Waals surface area contributed by atoms with Crippen LogP contribution in [0.2, 0.25) is 0 Å². The third-order valence-electron chi connectivity index (χ3n) is 2.43. The number of ether oxygens (including phenoxy) is 1. The zero-order valence-corrected chi connectivity index (χ0v) is 9.62. The Hall–Kier alpha value is -1.77. The van der Waals surface area contributed by atoms with Crippen molar-refractivity contribution >= 4 is 11.5 Å². The highest BCUT2D eigenvalue weighted by atomic mass is 16.5. The molecule has 0 aromatic heterocycles. The quantitative estimate of drug-likeness (QED) is 0.829. The summed E-state index contributed by atoms with van der Waals surface area (Å²) < 4.78 is 5.21. The van der Waals surface area contributed by atoms with Gasteiger partial charge in [0.15, 0.2) is 0 Å². The van der Waals surface area contributed by atoms with Gasteiger partial charge >= 0.3 is 5.97 Å². The lowest BCUT2D eigenvalue weighted by Gasteiger charge is -2.10. The third-order valence-corrected chi connectivity index (χ3v) is 2.43. The molecule has 3 nitrogen and oxygen atoms in total. The molecule has 0 saturated heterocycles. The molecule has 0 atom stereocenters. The van der Waals surface area contributed by atoms with Crippen LogP contribution in [0.5, 0.6) is 5.75 Å². The number of aliphatic carboxylic acids is 1. The molecule has 0 aliphatic carbocycles. The fraction of sp³-hybridized carbons (Fsp3) is 0.308. The molecule has 86 valence electrons. The van der Waals surface area contributed by atoms with E-state index in [1.165, 1.54) is 0 Å². The van der Waals surface area contributed by atoms with Gasteiger partial charge in [-0.1, -0.05) is 19.6 Å². The van der Waals surface area contributed by atoms with Crippen molar-refractivity contribution in [3.8, 4) is 5.75 Å². The standard InChI is InChI=1S/C13H16O3/c1-4-10-8-11(5-6-12(10)16-3)9(2)7-13(14)15/h5-6,8H,2,4,7H2,1,3H3,(H,14,15). The van der Waals surface area contributed by atoms with Crippen molar-refractivity contribution in [3.05, 3.63) is 35.9 Å². The van der Waals surface area contributed by atoms with E-state index in [0.717, 1.165) is 23.3 Å². The van der Waals surface area contributed by atoms with Crippen molar-refractivity contribution in [2.24, 2.45) is 0 Å². The van der Waals surface area contributed by atoms with Crippen molar-refractivity contribution in [3.63, 3.8) is 0 Å². The van der Waals surface area contributed by atoms with Gasteiger partial charge in [0.1, 0.15) is 5.75 Å². The summed E-state index contributed by atoms with van der Waals surface area (Å²) in [7, 11) is 1.63. The van der Waals surface area contributed by atoms with Crippen molar-refractivity contribution in [1.82, 2.24) is 0 Å². The van der Waals surface area contributed by atoms with Crippen molar-refractivity contribution in [1.29, 1.82) is 0 Å². The highest BCUT2D eigenvalue weighted by Gasteiger charge is 2.07. The number of carbonyl (C=O) groups is 1. The number of carboxylic acids is 1. The molecule has 3 heteroatoms. The molecule has 0 aliphatic rings. The number of hydrogen-bond acceptors (Lipinski definition) is 2. The fourth-order valence-electron chi connectivity index (χ4n) is 1.56. The predicted molar refractivity (Wildman–Crippen MR) is 63.7 cm³/mol. The Balaban J connectivity index is 2.98. The third kappa shape index (κ3) is 2.86. The highest BCUT2D eigenvalue weighted by molar-refractivity contribution is 5.83. The molecule has 1 aromatic rings. The number of aryl methyl sites for hydroxylation is 1. The van der Waals surface area contributed by atoms with E-state index in [1.54, 1.807) is 7.11 Å². The van der Waals surface area contributed by atoms with E-state index >= 15 is 0 Å². The van der Waals surface area contributed by atoms with Crippen LogP contribution in [0.4, 0.5) is 0 Å². The van der Waals surface area contributed by atoms with Crippen LogP contribution in [0.15, 0.2) is 24.8 Å². The summed E-state index contributed by atoms with van der Waals surface area (Å²) in [5.74, 6) is -0.0340. The smallest absolute Gasteiger partial charge is 0.307 e. The summed E-state index contributed by atoms with van der Waals surface area (Å²) in [5, 5.41) is 8.69. The molecule has 1 N–H and O–H groups in total. The van der Waals surface area contributed by atoms with E-state index in [-0.39, 0.29) is 6.42 Å². The molecule has 0 spiro atoms. The molecule has 0 radical (unpaired) electrons. The monoisotopic (exact) mass is 220 g/mol. The zero-order valence-electron chi connectivity index (χ0n) is 9.62. The van der Waals surface area contributed by atoms with Gasteiger partial charge in [-0.25, -0.2) is 0 Å². The van der Waals surface area contributed by atoms with Gasteiger partial charge in [-0.15, -0.1) is 0 Å². The molecular weight excluding hydrogens is 204 g/mol. The molecule has 0 unspecified atom stereocenters. The Labute approximate surface area is 95.4 Å². The maximum absolute atomic E-state index is 10.6. The second kappa shape index (κ2) is 5.35. The van der Waals surface area contributed by atoms with Crippen LogP contribution in [0.25, 0.3) is 5.57 Å². The Kier molecular flexibility index (Phi) is 4.11. The van der Waals surface area contributed by atoms with Gasteiger partial charge in [0, 0.05) is 0 Å². The Morgan fingerprint density at radius 1 is 1.50 bits per heavy atom. The topological polar surface area (TPSA) is 46.5 Å². The average Bonchev–Trinajstić information content (AvgIpc) is 2.27. The molecule has 0 bridgehead atoms. The van der Waals surface area contributed by atoms with Crippen LogP contribution in [-0.2, 0) is 11.2 Å². The molecule has 0 amide bonds. The van der Waals surface area contributed by atoms with Crippen LogP contribution in [-0.4, -0.2) is 18.2 Å². The molecule has 1 aromatic carbocycles. The van der Waals surface area contributed by atoms with Gasteiger partial charge < -0.3 is 9.84 Å². The van der Waals surface area contributed by atoms with Crippen molar-refractivity contribution in [2.45, 2.75) is 19.8 Å². The second-order valence-electron chi connectivity index (χ2n) is 3.55. The van der Waals surface area contributed by atoms with Gasteiger partial charge in [0.05, 0.1) is 13.5 Å². The largest absolute Gasteiger partial charge is 0.496 e. The van der Waals surface area contributed by atoms with Crippen LogP contribution in [0, 0.1) is 0 Å². The van der Waals surface area contributed by atoms with Gasteiger partial charge in [0.2, 0.25) is 0 Å². The molecule has 0 aliphatic heterocycles. The van der Waals surface area contributed by atoms with E-state index in [4.69, 9.17) is 9.84 Å². The van der Waals surface area contributed by atoms with Gasteiger partial charge in [0.25, 0.3) is 0 Å². The second-order valence-corrected chi connectivity index (χ2v) is 3.55. The van der Waals surface area contributed by atoms with Crippen LogP contribution in [0.3, 0.4) is 0 Å². The lowest BCUT2D eigenvalue weighted by Crippen LogP contribution is -1.97. The first-order chi connectivity index (χ1) is 7.58. The minimum absolute atomic E-state index is 0.0323. The summed E-state index contributed by atoms with van der Waals surface area (Å²) in [6.45, 7) is 5.80. The minimum atomic E-state index is -0.862. The number of hydrogen-bond donors (Lipinski definition) is 1. The van der Waals surface area contributed by atoms with E-state index in [1.807, 2.05) is 25.1 Å². The zero-order chi connectivity index (χ0) is 12.1. The van der Waals surface area contributed by atoms with Crippen LogP contribution < -0.4 is 4.74 Å². The number of benzene rings is 1. The summed E-state index contributed by atoms with van der Waals surface area (Å²) in [6, 6.07) is 5.62. The molecule has 0 heterocycles. The van der Waals surface area contributed by atoms with E-state index < -0.39 is 5.97 Å². The number of methoxy groups -OCH3 is 1. The number of rotatable bonds is 5. The van der Waals surface area contributed by atoms with E-state index in [9.17, 15) is 4.79 Å². The molecule has 16 heavy (non-hydrogen) atoms. The van der Waals surface area contributed by atoms with E-state index in [0.29, 0.717) is 5.57 Å². The van der Waals surface area contributed by atoms with Crippen LogP contribution >= 0.6 is 0 Å². The Morgan fingerprint density at radius 3 is 2.69 bits per heavy atom. The highest BCUT2D eigenvalue weighted by Crippen LogP contribution is 2.25. The Bertz CT molecular complexity index is 408. The van der Waals surface area contributed by atoms with E-state index in [2.05, 4.69) is 6.58 Å². The maximum Gasteiger partial charge on any atom is 0.307 e. The fourth-order valence-corrected chi connectivity index (χ4v) is 1.56. The number of carboxylic acid groups (broad SMARTS) is 1. The molecular formula is C13H16O3. The minimum Gasteiger partial charge on any atom is -0.496 e. The molecule has 0 fully saturated rings. The van der Waals surface area contributed by atoms with Crippen molar-refractivity contribution < 1.29 is 14.6 Å². The predicted octanol–water partition coefficient (Wildman–Crippen LogP) is 2.75. The first kappa shape index (κ1) is 12.3. The normalized spacial score (nSPS) is 9.88. The maximum atomic E-state index is 10.6. The lowest BCUT2D eigenvalue weighted by atomic mass is 10.0. The SMILES string of the molecule is C=C(CC(=O)O)c1ccc(OC)c(CC)c1. The first-order valence-electron chi connectivity index (χ1n) is 5.15. The van der Waals surface area contributed by atoms with Gasteiger partial charge in [-0.05, 0) is 35.3 Å². The summed E-state index contributed by atoms with van der Waals surface area (Å²) >= 11 is 0. The summed E-state index contributed by atoms with van der Waals surface area (Å²) in [5.41, 5.74) is 2.54.